The normalized spacial score (nSPS) is 11.3. The van der Waals surface area contributed by atoms with Crippen LogP contribution in [0.2, 0.25) is 0 Å². The smallest absolute Gasteiger partial charge is 0.294 e. The number of Topliss-reactive ketones (excluding diaryl/α,β-unsaturated/α-hetero) is 2. The van der Waals surface area contributed by atoms with Crippen molar-refractivity contribution in [2.24, 2.45) is 0 Å². The molecule has 0 aliphatic carbocycles. The molecule has 5 heteroatoms. The maximum atomic E-state index is 12.1. The summed E-state index contributed by atoms with van der Waals surface area (Å²) in [7, 11) is 0. The molecular formula is C12H11F3O2. The third-order valence-corrected chi connectivity index (χ3v) is 2.20. The lowest BCUT2D eigenvalue weighted by Crippen LogP contribution is -2.22. The average Bonchev–Trinajstić information content (AvgIpc) is 2.27. The molecule has 0 N–H and O–H groups in total. The number of benzene rings is 1. The van der Waals surface area contributed by atoms with Crippen LogP contribution in [0.15, 0.2) is 24.3 Å². The van der Waals surface area contributed by atoms with E-state index in [0.29, 0.717) is 18.4 Å². The fourth-order valence-electron chi connectivity index (χ4n) is 1.34. The molecule has 0 saturated heterocycles. The van der Waals surface area contributed by atoms with E-state index in [1.54, 1.807) is 0 Å². The maximum Gasteiger partial charge on any atom is 0.454 e. The minimum Gasteiger partial charge on any atom is -0.294 e. The minimum absolute atomic E-state index is 0.140. The largest absolute Gasteiger partial charge is 0.454 e. The quantitative estimate of drug-likeness (QED) is 0.760. The third kappa shape index (κ3) is 3.41. The number of hydrogen-bond donors (Lipinski definition) is 0. The topological polar surface area (TPSA) is 34.1 Å². The molecule has 1 aromatic rings. The lowest BCUT2D eigenvalue weighted by atomic mass is 10.0. The van der Waals surface area contributed by atoms with Gasteiger partial charge in [-0.25, -0.2) is 0 Å². The first-order valence-electron chi connectivity index (χ1n) is 5.11. The molecular weight excluding hydrogens is 233 g/mol. The summed E-state index contributed by atoms with van der Waals surface area (Å²) in [6.45, 7) is 1.83. The Bertz CT molecular complexity index is 418. The van der Waals surface area contributed by atoms with Crippen LogP contribution in [0.25, 0.3) is 0 Å². The molecule has 0 spiro atoms. The van der Waals surface area contributed by atoms with E-state index >= 15 is 0 Å². The Labute approximate surface area is 96.4 Å². The Morgan fingerprint density at radius 3 is 1.94 bits per heavy atom. The summed E-state index contributed by atoms with van der Waals surface area (Å²) < 4.78 is 36.3. The molecule has 0 heterocycles. The number of hydrogen-bond acceptors (Lipinski definition) is 2. The standard InChI is InChI=1S/C12H11F3O2/c1-2-3-10(16)8-4-6-9(7-5-8)11(17)12(13,14)15/h4-7H,2-3H2,1H3. The Balaban J connectivity index is 2.89. The zero-order valence-electron chi connectivity index (χ0n) is 9.17. The first-order valence-corrected chi connectivity index (χ1v) is 5.11. The van der Waals surface area contributed by atoms with Crippen LogP contribution in [-0.2, 0) is 0 Å². The minimum atomic E-state index is -4.88. The van der Waals surface area contributed by atoms with Gasteiger partial charge in [0.25, 0.3) is 5.78 Å². The van der Waals surface area contributed by atoms with Gasteiger partial charge in [-0.1, -0.05) is 31.2 Å². The predicted octanol–water partition coefficient (Wildman–Crippen LogP) is 3.41. The van der Waals surface area contributed by atoms with E-state index in [1.165, 1.54) is 12.1 Å². The van der Waals surface area contributed by atoms with Gasteiger partial charge in [0.1, 0.15) is 0 Å². The van der Waals surface area contributed by atoms with Crippen molar-refractivity contribution in [3.63, 3.8) is 0 Å². The highest BCUT2D eigenvalue weighted by molar-refractivity contribution is 6.02. The zero-order chi connectivity index (χ0) is 13.1. The van der Waals surface area contributed by atoms with E-state index in [0.717, 1.165) is 12.1 Å². The molecule has 0 bridgehead atoms. The summed E-state index contributed by atoms with van der Waals surface area (Å²) in [5.41, 5.74) is -0.129. The van der Waals surface area contributed by atoms with Gasteiger partial charge in [-0.3, -0.25) is 9.59 Å². The Kier molecular flexibility index (Phi) is 4.04. The molecule has 17 heavy (non-hydrogen) atoms. The van der Waals surface area contributed by atoms with E-state index in [9.17, 15) is 22.8 Å². The molecule has 0 fully saturated rings. The van der Waals surface area contributed by atoms with Crippen LogP contribution in [0, 0.1) is 0 Å². The van der Waals surface area contributed by atoms with E-state index < -0.39 is 17.5 Å². The van der Waals surface area contributed by atoms with E-state index in [1.807, 2.05) is 6.92 Å². The van der Waals surface area contributed by atoms with Gasteiger partial charge in [0, 0.05) is 17.5 Å². The van der Waals surface area contributed by atoms with Crippen molar-refractivity contribution in [3.05, 3.63) is 35.4 Å². The molecule has 0 radical (unpaired) electrons. The molecule has 0 saturated carbocycles. The van der Waals surface area contributed by atoms with Gasteiger partial charge in [0.2, 0.25) is 0 Å². The fraction of sp³-hybridized carbons (Fsp3) is 0.333. The molecule has 0 aromatic heterocycles. The Hall–Kier alpha value is -1.65. The van der Waals surface area contributed by atoms with Crippen molar-refractivity contribution in [3.8, 4) is 0 Å². The van der Waals surface area contributed by atoms with Crippen LogP contribution in [0.4, 0.5) is 13.2 Å². The van der Waals surface area contributed by atoms with Crippen molar-refractivity contribution >= 4 is 11.6 Å². The van der Waals surface area contributed by atoms with Crippen molar-refractivity contribution in [1.29, 1.82) is 0 Å². The first-order chi connectivity index (χ1) is 7.86. The first kappa shape index (κ1) is 13.4. The third-order valence-electron chi connectivity index (χ3n) is 2.20. The summed E-state index contributed by atoms with van der Waals surface area (Å²) in [5.74, 6) is -2.04. The molecule has 0 amide bonds. The summed E-state index contributed by atoms with van der Waals surface area (Å²) in [6.07, 6.45) is -3.87. The molecule has 0 atom stereocenters. The fourth-order valence-corrected chi connectivity index (χ4v) is 1.34. The van der Waals surface area contributed by atoms with Gasteiger partial charge in [-0.15, -0.1) is 0 Å². The number of alkyl halides is 3. The Morgan fingerprint density at radius 1 is 1.06 bits per heavy atom. The second-order valence-electron chi connectivity index (χ2n) is 3.58. The van der Waals surface area contributed by atoms with Crippen LogP contribution in [0.3, 0.4) is 0 Å². The van der Waals surface area contributed by atoms with Crippen LogP contribution in [-0.4, -0.2) is 17.7 Å². The number of rotatable bonds is 4. The summed E-state index contributed by atoms with van der Waals surface area (Å²) in [4.78, 5) is 22.3. The molecule has 1 rings (SSSR count). The van der Waals surface area contributed by atoms with Crippen molar-refractivity contribution < 1.29 is 22.8 Å². The average molecular weight is 244 g/mol. The summed E-state index contributed by atoms with van der Waals surface area (Å²) in [6, 6.07) is 4.55. The molecule has 1 aromatic carbocycles. The number of carbonyl (C=O) groups is 2. The SMILES string of the molecule is CCCC(=O)c1ccc(C(=O)C(F)(F)F)cc1. The van der Waals surface area contributed by atoms with Crippen LogP contribution < -0.4 is 0 Å². The van der Waals surface area contributed by atoms with Crippen LogP contribution in [0.1, 0.15) is 40.5 Å². The summed E-state index contributed by atoms with van der Waals surface area (Å²) >= 11 is 0. The number of ketones is 2. The van der Waals surface area contributed by atoms with Gasteiger partial charge in [-0.2, -0.15) is 13.2 Å². The zero-order valence-corrected chi connectivity index (χ0v) is 9.17. The van der Waals surface area contributed by atoms with Gasteiger partial charge in [0.15, 0.2) is 5.78 Å². The second-order valence-corrected chi connectivity index (χ2v) is 3.58. The lowest BCUT2D eigenvalue weighted by molar-refractivity contribution is -0.0885. The van der Waals surface area contributed by atoms with Gasteiger partial charge in [-0.05, 0) is 6.42 Å². The predicted molar refractivity (Wildman–Crippen MR) is 56.1 cm³/mol. The molecule has 0 aliphatic heterocycles. The second kappa shape index (κ2) is 5.12. The van der Waals surface area contributed by atoms with Crippen molar-refractivity contribution in [2.75, 3.05) is 0 Å². The van der Waals surface area contributed by atoms with Crippen molar-refractivity contribution in [2.45, 2.75) is 25.9 Å². The van der Waals surface area contributed by atoms with E-state index in [4.69, 9.17) is 0 Å². The number of halogens is 3. The van der Waals surface area contributed by atoms with Crippen LogP contribution >= 0.6 is 0 Å². The van der Waals surface area contributed by atoms with Gasteiger partial charge < -0.3 is 0 Å². The molecule has 0 unspecified atom stereocenters. The lowest BCUT2D eigenvalue weighted by Gasteiger charge is -2.05. The molecule has 2 nitrogen and oxygen atoms in total. The molecule has 0 aliphatic rings. The van der Waals surface area contributed by atoms with Crippen LogP contribution in [0.5, 0.6) is 0 Å². The van der Waals surface area contributed by atoms with Gasteiger partial charge in [0.05, 0.1) is 0 Å². The highest BCUT2D eigenvalue weighted by atomic mass is 19.4. The van der Waals surface area contributed by atoms with Gasteiger partial charge >= 0.3 is 6.18 Å². The highest BCUT2D eigenvalue weighted by Crippen LogP contribution is 2.21. The van der Waals surface area contributed by atoms with E-state index in [2.05, 4.69) is 0 Å². The van der Waals surface area contributed by atoms with Crippen molar-refractivity contribution in [1.82, 2.24) is 0 Å². The van der Waals surface area contributed by atoms with E-state index in [-0.39, 0.29) is 5.78 Å². The molecule has 92 valence electrons. The number of carbonyl (C=O) groups excluding carboxylic acids is 2. The maximum absolute atomic E-state index is 12.1. The summed E-state index contributed by atoms with van der Waals surface area (Å²) in [5, 5.41) is 0. The monoisotopic (exact) mass is 244 g/mol. The Morgan fingerprint density at radius 2 is 1.53 bits per heavy atom. The highest BCUT2D eigenvalue weighted by Gasteiger charge is 2.39.